The van der Waals surface area contributed by atoms with E-state index in [1.54, 1.807) is 42.2 Å². The molecule has 1 aliphatic heterocycles. The molecule has 4 rings (SSSR count). The van der Waals surface area contributed by atoms with E-state index >= 15 is 0 Å². The zero-order chi connectivity index (χ0) is 23.0. The van der Waals surface area contributed by atoms with Crippen molar-refractivity contribution in [1.82, 2.24) is 14.7 Å². The Morgan fingerprint density at radius 3 is 2.75 bits per heavy atom. The molecule has 164 valence electrons. The second-order valence-corrected chi connectivity index (χ2v) is 8.50. The molecule has 0 N–H and O–H groups in total. The van der Waals surface area contributed by atoms with Gasteiger partial charge in [0.25, 0.3) is 0 Å². The summed E-state index contributed by atoms with van der Waals surface area (Å²) < 4.78 is 42.6. The number of rotatable bonds is 4. The highest BCUT2D eigenvalue weighted by Gasteiger charge is 2.39. The van der Waals surface area contributed by atoms with Crippen molar-refractivity contribution in [1.29, 1.82) is 0 Å². The first-order chi connectivity index (χ1) is 15.3. The number of fused-ring (bicyclic) bond motifs is 1. The third-order valence-corrected chi connectivity index (χ3v) is 6.55. The second-order valence-electron chi connectivity index (χ2n) is 7.38. The number of aryl methyl sites for hydroxylation is 1. The van der Waals surface area contributed by atoms with Crippen molar-refractivity contribution < 1.29 is 18.0 Å². The van der Waals surface area contributed by atoms with Crippen molar-refractivity contribution >= 4 is 22.2 Å². The highest BCUT2D eigenvalue weighted by molar-refractivity contribution is 7.16. The van der Waals surface area contributed by atoms with E-state index in [-0.39, 0.29) is 23.9 Å². The van der Waals surface area contributed by atoms with Gasteiger partial charge in [-0.2, -0.15) is 29.6 Å². The van der Waals surface area contributed by atoms with E-state index in [9.17, 15) is 18.0 Å². The predicted molar refractivity (Wildman–Crippen MR) is 116 cm³/mol. The Labute approximate surface area is 187 Å². The van der Waals surface area contributed by atoms with Crippen LogP contribution < -0.4 is 0 Å². The van der Waals surface area contributed by atoms with Crippen molar-refractivity contribution in [2.45, 2.75) is 32.1 Å². The molecule has 0 spiro atoms. The van der Waals surface area contributed by atoms with Gasteiger partial charge >= 0.3 is 6.18 Å². The average Bonchev–Trinajstić information content (AvgIpc) is 3.41. The normalized spacial score (nSPS) is 15.8. The maximum absolute atomic E-state index is 13.8. The summed E-state index contributed by atoms with van der Waals surface area (Å²) in [5.41, 5.74) is 1.01. The second kappa shape index (κ2) is 8.28. The Bertz CT molecular complexity index is 1230. The Balaban J connectivity index is 1.91. The van der Waals surface area contributed by atoms with Crippen LogP contribution in [0.5, 0.6) is 0 Å². The van der Waals surface area contributed by atoms with E-state index in [0.29, 0.717) is 29.2 Å². The van der Waals surface area contributed by atoms with Gasteiger partial charge in [-0.25, -0.2) is 4.85 Å². The molecular weight excluding hydrogens is 437 g/mol. The van der Waals surface area contributed by atoms with Gasteiger partial charge in [0.2, 0.25) is 10.9 Å². The average molecular weight is 456 g/mol. The van der Waals surface area contributed by atoms with Crippen molar-refractivity contribution in [2.24, 2.45) is 0 Å². The molecule has 0 saturated heterocycles. The Morgan fingerprint density at radius 2 is 2.09 bits per heavy atom. The van der Waals surface area contributed by atoms with E-state index in [1.165, 1.54) is 28.3 Å². The molecule has 0 bridgehead atoms. The lowest BCUT2D eigenvalue weighted by molar-refractivity contribution is -0.141. The van der Waals surface area contributed by atoms with Gasteiger partial charge in [0, 0.05) is 35.6 Å². The molecule has 9 heteroatoms. The van der Waals surface area contributed by atoms with Gasteiger partial charge in [0.1, 0.15) is 0 Å². The maximum atomic E-state index is 13.8. The van der Waals surface area contributed by atoms with Crippen molar-refractivity contribution in [3.8, 4) is 11.1 Å². The number of thiophene rings is 1. The van der Waals surface area contributed by atoms with Gasteiger partial charge in [-0.1, -0.05) is 30.8 Å². The van der Waals surface area contributed by atoms with E-state index < -0.39 is 11.9 Å². The number of hydrogen-bond donors (Lipinski definition) is 0. The molecule has 1 atom stereocenters. The fourth-order valence-corrected chi connectivity index (χ4v) is 5.08. The largest absolute Gasteiger partial charge is 0.435 e. The minimum Gasteiger partial charge on any atom is -0.333 e. The Kier molecular flexibility index (Phi) is 5.65. The van der Waals surface area contributed by atoms with Gasteiger partial charge in [0.05, 0.1) is 13.1 Å². The number of nitrogens with zero attached hydrogens (tertiary/aromatic N) is 4. The molecule has 1 aliphatic rings. The van der Waals surface area contributed by atoms with E-state index in [0.717, 1.165) is 10.4 Å². The SMILES string of the molecule is [C-]#[N+]c1cc2c(s1)CN(C(=O)C=C)C[C@H]2c1ccccc1-c1cn(CC)nc1C(F)(F)F. The summed E-state index contributed by atoms with van der Waals surface area (Å²) in [6, 6.07) is 8.68. The molecule has 0 fully saturated rings. The molecule has 0 aliphatic carbocycles. The minimum absolute atomic E-state index is 0.00398. The van der Waals surface area contributed by atoms with Crippen LogP contribution in [-0.4, -0.2) is 27.1 Å². The molecule has 3 aromatic rings. The van der Waals surface area contributed by atoms with Crippen LogP contribution in [-0.2, 0) is 24.1 Å². The Morgan fingerprint density at radius 1 is 1.34 bits per heavy atom. The zero-order valence-electron chi connectivity index (χ0n) is 17.2. The quantitative estimate of drug-likeness (QED) is 0.365. The predicted octanol–water partition coefficient (Wildman–Crippen LogP) is 5.86. The molecule has 32 heavy (non-hydrogen) atoms. The van der Waals surface area contributed by atoms with Crippen molar-refractivity contribution in [3.63, 3.8) is 0 Å². The smallest absolute Gasteiger partial charge is 0.333 e. The third kappa shape index (κ3) is 3.82. The minimum atomic E-state index is -4.61. The number of aromatic nitrogens is 2. The van der Waals surface area contributed by atoms with E-state index in [4.69, 9.17) is 6.57 Å². The van der Waals surface area contributed by atoms with Crippen LogP contribution >= 0.6 is 11.3 Å². The molecule has 0 unspecified atom stereocenters. The molecule has 1 amide bonds. The molecule has 1 aromatic carbocycles. The lowest BCUT2D eigenvalue weighted by atomic mass is 9.84. The first-order valence-corrected chi connectivity index (χ1v) is 10.7. The highest BCUT2D eigenvalue weighted by Crippen LogP contribution is 2.45. The number of halogens is 3. The highest BCUT2D eigenvalue weighted by atomic mass is 32.1. The molecule has 0 saturated carbocycles. The first kappa shape index (κ1) is 21.8. The molecule has 3 heterocycles. The fourth-order valence-electron chi connectivity index (χ4n) is 4.06. The van der Waals surface area contributed by atoms with Gasteiger partial charge < -0.3 is 4.90 Å². The van der Waals surface area contributed by atoms with Gasteiger partial charge in [-0.15, -0.1) is 0 Å². The molecule has 5 nitrogen and oxygen atoms in total. The molecule has 2 aromatic heterocycles. The Hall–Kier alpha value is -3.38. The summed E-state index contributed by atoms with van der Waals surface area (Å²) in [6.07, 6.45) is -1.97. The van der Waals surface area contributed by atoms with Crippen LogP contribution in [0.25, 0.3) is 16.0 Å². The number of hydrogen-bond acceptors (Lipinski definition) is 3. The number of carbonyl (C=O) groups excluding carboxylic acids is 1. The summed E-state index contributed by atoms with van der Waals surface area (Å²) in [5, 5.41) is 4.24. The van der Waals surface area contributed by atoms with Crippen LogP contribution in [0.15, 0.2) is 49.2 Å². The lowest BCUT2D eigenvalue weighted by Crippen LogP contribution is -2.37. The van der Waals surface area contributed by atoms with Crippen LogP contribution in [0, 0.1) is 6.57 Å². The number of alkyl halides is 3. The summed E-state index contributed by atoms with van der Waals surface area (Å²) in [5.74, 6) is -0.637. The summed E-state index contributed by atoms with van der Waals surface area (Å²) in [6.45, 7) is 13.6. The van der Waals surface area contributed by atoms with Gasteiger partial charge in [0.15, 0.2) is 5.69 Å². The fraction of sp³-hybridized carbons (Fsp3) is 0.261. The van der Waals surface area contributed by atoms with Crippen LogP contribution in [0.4, 0.5) is 18.2 Å². The number of carbonyl (C=O) groups is 1. The monoisotopic (exact) mass is 456 g/mol. The summed E-state index contributed by atoms with van der Waals surface area (Å²) in [7, 11) is 0. The number of benzene rings is 1. The van der Waals surface area contributed by atoms with Crippen molar-refractivity contribution in [3.05, 3.63) is 82.3 Å². The maximum Gasteiger partial charge on any atom is 0.435 e. The van der Waals surface area contributed by atoms with Gasteiger partial charge in [-0.3, -0.25) is 9.48 Å². The van der Waals surface area contributed by atoms with E-state index in [1.807, 2.05) is 0 Å². The topological polar surface area (TPSA) is 42.5 Å². The zero-order valence-corrected chi connectivity index (χ0v) is 18.0. The van der Waals surface area contributed by atoms with E-state index in [2.05, 4.69) is 16.5 Å². The molecular formula is C23H19F3N4OS. The lowest BCUT2D eigenvalue weighted by Gasteiger charge is -2.33. The van der Waals surface area contributed by atoms with Crippen molar-refractivity contribution in [2.75, 3.05) is 6.54 Å². The van der Waals surface area contributed by atoms with Crippen LogP contribution in [0.1, 0.15) is 34.5 Å². The van der Waals surface area contributed by atoms with Gasteiger partial charge in [-0.05, 0) is 35.8 Å². The standard InChI is InChI=1S/C23H19F3N4OS/c1-4-21(31)29-11-17(16-10-20(27-3)32-19(16)13-29)14-8-6-7-9-15(14)18-12-30(5-2)28-22(18)23(24,25)26/h4,6-10,12,17H,1,5,11,13H2,2H3/t17-/m0/s1. The molecule has 0 radical (unpaired) electrons. The van der Waals surface area contributed by atoms with Crippen LogP contribution in [0.2, 0.25) is 0 Å². The van der Waals surface area contributed by atoms with Crippen LogP contribution in [0.3, 0.4) is 0 Å². The summed E-state index contributed by atoms with van der Waals surface area (Å²) in [4.78, 5) is 18.4. The summed E-state index contributed by atoms with van der Waals surface area (Å²) >= 11 is 1.30. The third-order valence-electron chi connectivity index (χ3n) is 5.52. The number of amides is 1. The first-order valence-electron chi connectivity index (χ1n) is 9.92.